The van der Waals surface area contributed by atoms with E-state index >= 15 is 0 Å². The number of methoxy groups -OCH3 is 2. The third kappa shape index (κ3) is 3.58. The molecular formula is C28H38O7. The van der Waals surface area contributed by atoms with Gasteiger partial charge in [0.2, 0.25) is 0 Å². The normalized spacial score (nSPS) is 35.1. The van der Waals surface area contributed by atoms with Gasteiger partial charge in [-0.1, -0.05) is 19.9 Å². The maximum atomic E-state index is 12.9. The topological polar surface area (TPSA) is 75.6 Å². The van der Waals surface area contributed by atoms with Crippen molar-refractivity contribution in [2.24, 2.45) is 16.7 Å². The monoisotopic (exact) mass is 486 g/mol. The average molecular weight is 487 g/mol. The summed E-state index contributed by atoms with van der Waals surface area (Å²) in [5, 5.41) is 12.9. The molecule has 5 rings (SSSR count). The lowest BCUT2D eigenvalue weighted by atomic mass is 9.58. The van der Waals surface area contributed by atoms with Crippen LogP contribution in [0, 0.1) is 16.7 Å². The van der Waals surface area contributed by atoms with Crippen molar-refractivity contribution < 1.29 is 33.5 Å². The lowest BCUT2D eigenvalue weighted by molar-refractivity contribution is -0.211. The Bertz CT molecular complexity index is 962. The molecule has 1 spiro atoms. The third-order valence-electron chi connectivity index (χ3n) is 9.00. The second-order valence-electron chi connectivity index (χ2n) is 10.7. The minimum absolute atomic E-state index is 0.115. The third-order valence-corrected chi connectivity index (χ3v) is 9.00. The van der Waals surface area contributed by atoms with Crippen LogP contribution < -0.4 is 9.47 Å². The van der Waals surface area contributed by atoms with E-state index in [0.29, 0.717) is 19.0 Å². The first-order valence-corrected chi connectivity index (χ1v) is 12.6. The van der Waals surface area contributed by atoms with Crippen LogP contribution in [0.4, 0.5) is 0 Å². The highest BCUT2D eigenvalue weighted by Crippen LogP contribution is 2.74. The number of ether oxygens (including phenoxy) is 6. The van der Waals surface area contributed by atoms with E-state index in [1.54, 1.807) is 20.5 Å². The number of hydrogen-bond acceptors (Lipinski definition) is 7. The van der Waals surface area contributed by atoms with Gasteiger partial charge in [-0.2, -0.15) is 0 Å². The molecule has 4 aliphatic rings. The molecule has 1 aromatic carbocycles. The van der Waals surface area contributed by atoms with Gasteiger partial charge in [-0.3, -0.25) is 0 Å². The Hall–Kier alpha value is -1.90. The van der Waals surface area contributed by atoms with Gasteiger partial charge >= 0.3 is 0 Å². The summed E-state index contributed by atoms with van der Waals surface area (Å²) >= 11 is 0. The fraction of sp³-hybridized carbons (Fsp3) is 0.643. The highest BCUT2D eigenvalue weighted by atomic mass is 16.7. The number of allylic oxidation sites excluding steroid dienone is 1. The summed E-state index contributed by atoms with van der Waals surface area (Å²) in [5.41, 5.74) is -1.43. The second kappa shape index (κ2) is 9.20. The molecule has 1 N–H and O–H groups in total. The van der Waals surface area contributed by atoms with Crippen molar-refractivity contribution in [3.8, 4) is 11.5 Å². The van der Waals surface area contributed by atoms with E-state index in [0.717, 1.165) is 43.4 Å². The zero-order valence-electron chi connectivity index (χ0n) is 21.2. The van der Waals surface area contributed by atoms with E-state index in [-0.39, 0.29) is 18.1 Å². The summed E-state index contributed by atoms with van der Waals surface area (Å²) in [5.74, 6) is 0.707. The Balaban J connectivity index is 1.56. The van der Waals surface area contributed by atoms with Gasteiger partial charge in [0.05, 0.1) is 32.7 Å². The molecule has 4 atom stereocenters. The van der Waals surface area contributed by atoms with Crippen LogP contribution in [0.1, 0.15) is 46.0 Å². The zero-order chi connectivity index (χ0) is 24.7. The fourth-order valence-electron chi connectivity index (χ4n) is 7.31. The van der Waals surface area contributed by atoms with E-state index in [9.17, 15) is 5.11 Å². The largest absolute Gasteiger partial charge is 0.497 e. The van der Waals surface area contributed by atoms with E-state index in [2.05, 4.69) is 26.0 Å². The lowest BCUT2D eigenvalue weighted by Crippen LogP contribution is -2.61. The SMILES string of the molecule is COCO[C@@H]1[C@H]2CC[C@](/C=C/Oc3ccc(OC)cc3)(C2(C)C)[C@@]1(O)C1=CCCCC12OCCO2. The molecule has 0 amide bonds. The van der Waals surface area contributed by atoms with E-state index in [1.165, 1.54) is 0 Å². The van der Waals surface area contributed by atoms with E-state index in [4.69, 9.17) is 28.4 Å². The highest BCUT2D eigenvalue weighted by Gasteiger charge is 2.78. The van der Waals surface area contributed by atoms with Crippen LogP contribution in [-0.4, -0.2) is 56.8 Å². The molecule has 0 unspecified atom stereocenters. The first kappa shape index (κ1) is 24.8. The number of aliphatic hydroxyl groups is 1. The molecule has 1 heterocycles. The molecule has 7 nitrogen and oxygen atoms in total. The van der Waals surface area contributed by atoms with Crippen molar-refractivity contribution in [2.45, 2.75) is 63.4 Å². The van der Waals surface area contributed by atoms with Gasteiger partial charge in [0, 0.05) is 24.5 Å². The Morgan fingerprint density at radius 1 is 1.06 bits per heavy atom. The van der Waals surface area contributed by atoms with Crippen LogP contribution >= 0.6 is 0 Å². The smallest absolute Gasteiger partial charge is 0.193 e. The minimum atomic E-state index is -1.33. The second-order valence-corrected chi connectivity index (χ2v) is 10.7. The van der Waals surface area contributed by atoms with Gasteiger partial charge in [-0.25, -0.2) is 0 Å². The van der Waals surface area contributed by atoms with Gasteiger partial charge in [0.25, 0.3) is 0 Å². The molecule has 1 aliphatic heterocycles. The Morgan fingerprint density at radius 3 is 2.46 bits per heavy atom. The van der Waals surface area contributed by atoms with E-state index in [1.807, 2.05) is 24.3 Å². The molecule has 1 saturated heterocycles. The van der Waals surface area contributed by atoms with Crippen LogP contribution in [0.2, 0.25) is 0 Å². The number of hydrogen-bond donors (Lipinski definition) is 1. The average Bonchev–Trinajstić information content (AvgIpc) is 3.46. The Morgan fingerprint density at radius 2 is 1.77 bits per heavy atom. The summed E-state index contributed by atoms with van der Waals surface area (Å²) in [6.45, 7) is 5.62. The summed E-state index contributed by atoms with van der Waals surface area (Å²) in [7, 11) is 3.25. The van der Waals surface area contributed by atoms with Crippen molar-refractivity contribution >= 4 is 0 Å². The van der Waals surface area contributed by atoms with Gasteiger partial charge in [-0.15, -0.1) is 0 Å². The van der Waals surface area contributed by atoms with Gasteiger partial charge in [0.15, 0.2) is 5.79 Å². The van der Waals surface area contributed by atoms with Crippen LogP contribution in [0.3, 0.4) is 0 Å². The van der Waals surface area contributed by atoms with Crippen molar-refractivity contribution in [1.29, 1.82) is 0 Å². The van der Waals surface area contributed by atoms with Crippen LogP contribution in [0.15, 0.2) is 48.3 Å². The quantitative estimate of drug-likeness (QED) is 0.327. The Kier molecular flexibility index (Phi) is 6.51. The molecule has 3 fully saturated rings. The molecule has 0 radical (unpaired) electrons. The van der Waals surface area contributed by atoms with Gasteiger partial charge in [-0.05, 0) is 67.4 Å². The van der Waals surface area contributed by atoms with Crippen molar-refractivity contribution in [3.05, 3.63) is 48.3 Å². The van der Waals surface area contributed by atoms with Crippen molar-refractivity contribution in [1.82, 2.24) is 0 Å². The lowest BCUT2D eigenvalue weighted by Gasteiger charge is -2.53. The maximum Gasteiger partial charge on any atom is 0.193 e. The first-order chi connectivity index (χ1) is 16.8. The summed E-state index contributed by atoms with van der Waals surface area (Å²) in [6, 6.07) is 7.47. The zero-order valence-corrected chi connectivity index (χ0v) is 21.2. The summed E-state index contributed by atoms with van der Waals surface area (Å²) in [6.07, 6.45) is 9.78. The molecule has 2 bridgehead atoms. The van der Waals surface area contributed by atoms with Crippen LogP contribution in [-0.2, 0) is 18.9 Å². The highest BCUT2D eigenvalue weighted by molar-refractivity contribution is 5.44. The van der Waals surface area contributed by atoms with Crippen molar-refractivity contribution in [2.75, 3.05) is 34.2 Å². The molecular weight excluding hydrogens is 448 g/mol. The first-order valence-electron chi connectivity index (χ1n) is 12.6. The summed E-state index contributed by atoms with van der Waals surface area (Å²) < 4.78 is 35.3. The van der Waals surface area contributed by atoms with Crippen LogP contribution in [0.5, 0.6) is 11.5 Å². The fourth-order valence-corrected chi connectivity index (χ4v) is 7.31. The molecule has 2 saturated carbocycles. The Labute approximate surface area is 208 Å². The number of benzene rings is 1. The number of rotatable bonds is 8. The van der Waals surface area contributed by atoms with Crippen LogP contribution in [0.25, 0.3) is 0 Å². The maximum absolute atomic E-state index is 12.9. The standard InChI is InChI=1S/C28H38O7/c1-25(2)22-12-14-26(25,15-16-32-21-10-8-20(31-4)9-11-21)28(29,24(22)33-19-30-3)23-7-5-6-13-27(23)34-17-18-35-27/h7-11,15-16,22,24,29H,5-6,12-14,17-19H2,1-4H3/b16-15+/t22-,24-,26+,28-/m1/s1. The van der Waals surface area contributed by atoms with Gasteiger partial charge in [0.1, 0.15) is 23.9 Å². The van der Waals surface area contributed by atoms with Gasteiger partial charge < -0.3 is 33.5 Å². The number of fused-ring (bicyclic) bond motifs is 2. The predicted octanol–water partition coefficient (Wildman–Crippen LogP) is 4.60. The molecule has 0 aromatic heterocycles. The van der Waals surface area contributed by atoms with E-state index < -0.39 is 22.9 Å². The molecule has 7 heteroatoms. The minimum Gasteiger partial charge on any atom is -0.497 e. The predicted molar refractivity (Wildman–Crippen MR) is 130 cm³/mol. The summed E-state index contributed by atoms with van der Waals surface area (Å²) in [4.78, 5) is 0. The molecule has 35 heavy (non-hydrogen) atoms. The molecule has 1 aromatic rings. The molecule has 3 aliphatic carbocycles. The van der Waals surface area contributed by atoms with Crippen molar-refractivity contribution in [3.63, 3.8) is 0 Å². The molecule has 192 valence electrons.